The van der Waals surface area contributed by atoms with Crippen LogP contribution in [0.25, 0.3) is 0 Å². The van der Waals surface area contributed by atoms with E-state index in [-0.39, 0.29) is 0 Å². The first-order valence-corrected chi connectivity index (χ1v) is 7.30. The normalized spacial score (nSPS) is 24.2. The van der Waals surface area contributed by atoms with E-state index in [1.54, 1.807) is 14.2 Å². The zero-order chi connectivity index (χ0) is 14.6. The molecule has 4 heteroatoms. The summed E-state index contributed by atoms with van der Waals surface area (Å²) in [5.41, 5.74) is 0.0698. The van der Waals surface area contributed by atoms with Crippen LogP contribution in [0.4, 0.5) is 0 Å². The first-order chi connectivity index (χ1) is 9.62. The van der Waals surface area contributed by atoms with Gasteiger partial charge < -0.3 is 19.5 Å². The SMILES string of the molecule is CCN1CCCC(O)(c2ccc(OC)cc2OC)CC1. The maximum absolute atomic E-state index is 11.1. The molecule has 0 spiro atoms. The van der Waals surface area contributed by atoms with Gasteiger partial charge in [0.25, 0.3) is 0 Å². The Balaban J connectivity index is 2.28. The number of hydrogen-bond donors (Lipinski definition) is 1. The molecule has 1 heterocycles. The first kappa shape index (κ1) is 15.1. The average molecular weight is 279 g/mol. The van der Waals surface area contributed by atoms with Crippen molar-refractivity contribution >= 4 is 0 Å². The van der Waals surface area contributed by atoms with E-state index in [4.69, 9.17) is 9.47 Å². The van der Waals surface area contributed by atoms with E-state index in [1.807, 2.05) is 18.2 Å². The van der Waals surface area contributed by atoms with Crippen LogP contribution in [0.15, 0.2) is 18.2 Å². The van der Waals surface area contributed by atoms with Gasteiger partial charge in [-0.3, -0.25) is 0 Å². The number of benzene rings is 1. The van der Waals surface area contributed by atoms with E-state index in [2.05, 4.69) is 11.8 Å². The minimum atomic E-state index is -0.804. The third-order valence-corrected chi connectivity index (χ3v) is 4.26. The zero-order valence-electron chi connectivity index (χ0n) is 12.7. The third kappa shape index (κ3) is 3.07. The Labute approximate surface area is 121 Å². The molecule has 1 saturated heterocycles. The van der Waals surface area contributed by atoms with Gasteiger partial charge in [0, 0.05) is 18.2 Å². The number of nitrogens with zero attached hydrogens (tertiary/aromatic N) is 1. The molecule has 1 atom stereocenters. The Kier molecular flexibility index (Phi) is 4.89. The molecule has 0 bridgehead atoms. The Bertz CT molecular complexity index is 449. The molecule has 1 fully saturated rings. The van der Waals surface area contributed by atoms with Gasteiger partial charge in [-0.05, 0) is 44.5 Å². The molecule has 1 N–H and O–H groups in total. The molecule has 1 aliphatic rings. The molecular formula is C16H25NO3. The molecule has 1 aromatic rings. The topological polar surface area (TPSA) is 41.9 Å². The number of ether oxygens (including phenoxy) is 2. The highest BCUT2D eigenvalue weighted by molar-refractivity contribution is 5.44. The lowest BCUT2D eigenvalue weighted by atomic mass is 9.86. The van der Waals surface area contributed by atoms with Gasteiger partial charge in [-0.2, -0.15) is 0 Å². The van der Waals surface area contributed by atoms with Crippen molar-refractivity contribution in [1.82, 2.24) is 4.90 Å². The van der Waals surface area contributed by atoms with Crippen LogP contribution in [-0.2, 0) is 5.60 Å². The molecule has 4 nitrogen and oxygen atoms in total. The second kappa shape index (κ2) is 6.46. The molecule has 0 amide bonds. The fraction of sp³-hybridized carbons (Fsp3) is 0.625. The maximum Gasteiger partial charge on any atom is 0.128 e. The van der Waals surface area contributed by atoms with Crippen LogP contribution in [0.1, 0.15) is 31.7 Å². The summed E-state index contributed by atoms with van der Waals surface area (Å²) in [4.78, 5) is 2.38. The highest BCUT2D eigenvalue weighted by Crippen LogP contribution is 2.39. The van der Waals surface area contributed by atoms with Gasteiger partial charge in [-0.15, -0.1) is 0 Å². The van der Waals surface area contributed by atoms with Crippen molar-refractivity contribution in [3.05, 3.63) is 23.8 Å². The van der Waals surface area contributed by atoms with Crippen LogP contribution >= 0.6 is 0 Å². The van der Waals surface area contributed by atoms with Crippen LogP contribution in [0.2, 0.25) is 0 Å². The number of hydrogen-bond acceptors (Lipinski definition) is 4. The Morgan fingerprint density at radius 2 is 2.00 bits per heavy atom. The van der Waals surface area contributed by atoms with Gasteiger partial charge in [0.1, 0.15) is 11.5 Å². The number of methoxy groups -OCH3 is 2. The number of rotatable bonds is 4. The fourth-order valence-corrected chi connectivity index (χ4v) is 2.94. The summed E-state index contributed by atoms with van der Waals surface area (Å²) < 4.78 is 10.7. The summed E-state index contributed by atoms with van der Waals surface area (Å²) in [6.45, 7) is 5.17. The molecule has 1 aromatic carbocycles. The summed E-state index contributed by atoms with van der Waals surface area (Å²) in [5.74, 6) is 1.45. The van der Waals surface area contributed by atoms with Crippen LogP contribution in [0.3, 0.4) is 0 Å². The van der Waals surface area contributed by atoms with Crippen LogP contribution in [-0.4, -0.2) is 43.9 Å². The van der Waals surface area contributed by atoms with Crippen LogP contribution in [0.5, 0.6) is 11.5 Å². The van der Waals surface area contributed by atoms with Crippen molar-refractivity contribution in [3.63, 3.8) is 0 Å². The monoisotopic (exact) mass is 279 g/mol. The molecule has 0 aliphatic carbocycles. The van der Waals surface area contributed by atoms with Gasteiger partial charge in [0.05, 0.1) is 19.8 Å². The first-order valence-electron chi connectivity index (χ1n) is 7.30. The molecule has 2 rings (SSSR count). The van der Waals surface area contributed by atoms with Gasteiger partial charge in [0.15, 0.2) is 0 Å². The summed E-state index contributed by atoms with van der Waals surface area (Å²) in [6, 6.07) is 5.66. The Morgan fingerprint density at radius 1 is 1.20 bits per heavy atom. The van der Waals surface area contributed by atoms with Crippen molar-refractivity contribution in [2.45, 2.75) is 31.8 Å². The van der Waals surface area contributed by atoms with Crippen molar-refractivity contribution < 1.29 is 14.6 Å². The predicted octanol–water partition coefficient (Wildman–Crippen LogP) is 2.40. The predicted molar refractivity (Wildman–Crippen MR) is 79.4 cm³/mol. The van der Waals surface area contributed by atoms with E-state index in [0.29, 0.717) is 5.75 Å². The highest BCUT2D eigenvalue weighted by Gasteiger charge is 2.34. The van der Waals surface area contributed by atoms with Crippen LogP contribution < -0.4 is 9.47 Å². The maximum atomic E-state index is 11.1. The van der Waals surface area contributed by atoms with Crippen molar-refractivity contribution in [1.29, 1.82) is 0 Å². The standard InChI is InChI=1S/C16H25NO3/c1-4-17-10-5-8-16(18,9-11-17)14-7-6-13(19-2)12-15(14)20-3/h6-7,12,18H,4-5,8-11H2,1-3H3. The highest BCUT2D eigenvalue weighted by atomic mass is 16.5. The molecule has 112 valence electrons. The minimum Gasteiger partial charge on any atom is -0.497 e. The van der Waals surface area contributed by atoms with Crippen LogP contribution in [0, 0.1) is 0 Å². The molecule has 0 radical (unpaired) electrons. The summed E-state index contributed by atoms with van der Waals surface area (Å²) in [5, 5.41) is 11.1. The van der Waals surface area contributed by atoms with Crippen molar-refractivity contribution in [3.8, 4) is 11.5 Å². The Hall–Kier alpha value is -1.26. The fourth-order valence-electron chi connectivity index (χ4n) is 2.94. The third-order valence-electron chi connectivity index (χ3n) is 4.26. The number of aliphatic hydroxyl groups is 1. The summed E-state index contributed by atoms with van der Waals surface area (Å²) in [7, 11) is 3.27. The van der Waals surface area contributed by atoms with Gasteiger partial charge >= 0.3 is 0 Å². The van der Waals surface area contributed by atoms with E-state index >= 15 is 0 Å². The molecular weight excluding hydrogens is 254 g/mol. The average Bonchev–Trinajstić information content (AvgIpc) is 2.69. The smallest absolute Gasteiger partial charge is 0.128 e. The molecule has 0 aromatic heterocycles. The van der Waals surface area contributed by atoms with Gasteiger partial charge in [-0.25, -0.2) is 0 Å². The quantitative estimate of drug-likeness (QED) is 0.919. The largest absolute Gasteiger partial charge is 0.497 e. The van der Waals surface area contributed by atoms with E-state index in [9.17, 15) is 5.11 Å². The molecule has 20 heavy (non-hydrogen) atoms. The lowest BCUT2D eigenvalue weighted by molar-refractivity contribution is 0.0191. The van der Waals surface area contributed by atoms with E-state index in [1.165, 1.54) is 0 Å². The second-order valence-corrected chi connectivity index (χ2v) is 5.39. The van der Waals surface area contributed by atoms with E-state index in [0.717, 1.165) is 50.2 Å². The number of likely N-dealkylation sites (tertiary alicyclic amines) is 1. The summed E-state index contributed by atoms with van der Waals surface area (Å²) >= 11 is 0. The van der Waals surface area contributed by atoms with Crippen molar-refractivity contribution in [2.75, 3.05) is 33.9 Å². The van der Waals surface area contributed by atoms with E-state index < -0.39 is 5.60 Å². The molecule has 0 saturated carbocycles. The lowest BCUT2D eigenvalue weighted by Gasteiger charge is -2.29. The van der Waals surface area contributed by atoms with Gasteiger partial charge in [0.2, 0.25) is 0 Å². The zero-order valence-corrected chi connectivity index (χ0v) is 12.7. The lowest BCUT2D eigenvalue weighted by Crippen LogP contribution is -2.29. The second-order valence-electron chi connectivity index (χ2n) is 5.39. The summed E-state index contributed by atoms with van der Waals surface area (Å²) in [6.07, 6.45) is 2.51. The minimum absolute atomic E-state index is 0.705. The Morgan fingerprint density at radius 3 is 2.65 bits per heavy atom. The molecule has 1 aliphatic heterocycles. The molecule has 1 unspecified atom stereocenters. The van der Waals surface area contributed by atoms with Gasteiger partial charge in [-0.1, -0.05) is 6.92 Å². The van der Waals surface area contributed by atoms with Crippen molar-refractivity contribution in [2.24, 2.45) is 0 Å².